The summed E-state index contributed by atoms with van der Waals surface area (Å²) in [6, 6.07) is 22.6. The average Bonchev–Trinajstić information content (AvgIpc) is 3.21. The summed E-state index contributed by atoms with van der Waals surface area (Å²) in [7, 11) is 0. The maximum atomic E-state index is 6.28. The van der Waals surface area contributed by atoms with Crippen LogP contribution in [0.5, 0.6) is 0 Å². The van der Waals surface area contributed by atoms with Crippen LogP contribution in [-0.2, 0) is 18.0 Å². The summed E-state index contributed by atoms with van der Waals surface area (Å²) < 4.78 is 6.28. The quantitative estimate of drug-likeness (QED) is 0.310. The maximum absolute atomic E-state index is 6.28. The van der Waals surface area contributed by atoms with E-state index < -0.39 is 0 Å². The molecule has 0 unspecified atom stereocenters. The van der Waals surface area contributed by atoms with E-state index in [9.17, 15) is 0 Å². The molecule has 0 aromatic carbocycles. The first kappa shape index (κ1) is 21.6. The molecule has 31 heavy (non-hydrogen) atoms. The number of aryl methyl sites for hydroxylation is 2. The van der Waals surface area contributed by atoms with Gasteiger partial charge in [-0.05, 0) is 81.3 Å². The molecule has 4 aliphatic rings. The van der Waals surface area contributed by atoms with E-state index >= 15 is 0 Å². The van der Waals surface area contributed by atoms with Gasteiger partial charge in [0.05, 0.1) is 13.2 Å². The molecule has 1 heteroatoms. The number of rotatable bonds is 6. The second-order valence-corrected chi connectivity index (χ2v) is 9.50. The summed E-state index contributed by atoms with van der Waals surface area (Å²) in [6.45, 7) is 14.7. The molecule has 0 amide bonds. The van der Waals surface area contributed by atoms with Crippen molar-refractivity contribution in [2.75, 3.05) is 0 Å². The van der Waals surface area contributed by atoms with Crippen LogP contribution in [0.15, 0.2) is 60.7 Å². The normalized spacial score (nSPS) is 11.9. The van der Waals surface area contributed by atoms with Crippen LogP contribution in [-0.4, -0.2) is 0 Å². The lowest BCUT2D eigenvalue weighted by Crippen LogP contribution is -1.95. The summed E-state index contributed by atoms with van der Waals surface area (Å²) >= 11 is 0. The van der Waals surface area contributed by atoms with Gasteiger partial charge in [0.2, 0.25) is 0 Å². The Hall–Kier alpha value is -2.64. The first-order valence-electron chi connectivity index (χ1n) is 11.5. The molecule has 160 valence electrons. The number of hydrogen-bond donors (Lipinski definition) is 0. The van der Waals surface area contributed by atoms with Gasteiger partial charge in [-0.3, -0.25) is 0 Å². The lowest BCUT2D eigenvalue weighted by Gasteiger charge is -2.09. The van der Waals surface area contributed by atoms with Crippen LogP contribution in [0.2, 0.25) is 0 Å². The zero-order valence-electron chi connectivity index (χ0n) is 19.8. The van der Waals surface area contributed by atoms with E-state index in [0.29, 0.717) is 25.0 Å². The second-order valence-electron chi connectivity index (χ2n) is 9.50. The second kappa shape index (κ2) is 8.85. The summed E-state index contributed by atoms with van der Waals surface area (Å²) in [4.78, 5) is 0. The van der Waals surface area contributed by atoms with Crippen LogP contribution in [0.3, 0.4) is 0 Å². The van der Waals surface area contributed by atoms with E-state index in [0.717, 1.165) is 0 Å². The third-order valence-electron chi connectivity index (χ3n) is 6.55. The lowest BCUT2D eigenvalue weighted by atomic mass is 10.0. The van der Waals surface area contributed by atoms with Crippen LogP contribution in [0, 0.1) is 13.8 Å². The molecular formula is C30H34O. The smallest absolute Gasteiger partial charge is 0.0727 e. The molecule has 0 radical (unpaired) electrons. The van der Waals surface area contributed by atoms with Crippen LogP contribution in [0.1, 0.15) is 72.9 Å². The highest BCUT2D eigenvalue weighted by atomic mass is 16.5. The predicted molar refractivity (Wildman–Crippen MR) is 132 cm³/mol. The van der Waals surface area contributed by atoms with Crippen LogP contribution in [0.4, 0.5) is 0 Å². The Morgan fingerprint density at radius 1 is 0.548 bits per heavy atom. The third kappa shape index (κ3) is 4.38. The summed E-state index contributed by atoms with van der Waals surface area (Å²) in [5, 5.41) is 0. The first-order valence-corrected chi connectivity index (χ1v) is 11.5. The minimum absolute atomic E-state index is 0.508. The molecule has 0 bridgehead atoms. The Balaban J connectivity index is 1.57. The molecule has 0 heterocycles. The fourth-order valence-corrected chi connectivity index (χ4v) is 4.39. The largest absolute Gasteiger partial charge is 0.372 e. The molecule has 4 rings (SSSR count). The monoisotopic (exact) mass is 410 g/mol. The topological polar surface area (TPSA) is 9.23 Å². The Morgan fingerprint density at radius 2 is 0.968 bits per heavy atom. The van der Waals surface area contributed by atoms with Gasteiger partial charge in [-0.1, -0.05) is 88.4 Å². The number of hydrogen-bond acceptors (Lipinski definition) is 1. The average molecular weight is 411 g/mol. The fraction of sp³-hybridized carbons (Fsp3) is 0.333. The summed E-state index contributed by atoms with van der Waals surface area (Å²) in [6.07, 6.45) is 0. The van der Waals surface area contributed by atoms with Gasteiger partial charge >= 0.3 is 0 Å². The van der Waals surface area contributed by atoms with Crippen molar-refractivity contribution in [2.24, 2.45) is 0 Å². The van der Waals surface area contributed by atoms with E-state index in [2.05, 4.69) is 102 Å². The minimum Gasteiger partial charge on any atom is -0.372 e. The van der Waals surface area contributed by atoms with Gasteiger partial charge in [0, 0.05) is 0 Å². The summed E-state index contributed by atoms with van der Waals surface area (Å²) in [5.41, 5.74) is 13.2. The van der Waals surface area contributed by atoms with Crippen LogP contribution < -0.4 is 0 Å². The molecule has 0 aliphatic heterocycles. The van der Waals surface area contributed by atoms with E-state index in [1.807, 2.05) is 0 Å². The van der Waals surface area contributed by atoms with Gasteiger partial charge in [-0.15, -0.1) is 0 Å². The van der Waals surface area contributed by atoms with Crippen molar-refractivity contribution in [3.63, 3.8) is 0 Å². The molecule has 0 N–H and O–H groups in total. The highest BCUT2D eigenvalue weighted by Gasteiger charge is 2.15. The van der Waals surface area contributed by atoms with Crippen molar-refractivity contribution in [2.45, 2.75) is 66.6 Å². The predicted octanol–water partition coefficient (Wildman–Crippen LogP) is 8.48. The Labute approximate surface area is 187 Å². The molecular weight excluding hydrogens is 376 g/mol. The molecule has 0 aromatic heterocycles. The molecule has 4 aliphatic carbocycles. The van der Waals surface area contributed by atoms with Crippen molar-refractivity contribution in [1.29, 1.82) is 0 Å². The molecule has 0 fully saturated rings. The van der Waals surface area contributed by atoms with Crippen molar-refractivity contribution in [1.82, 2.24) is 0 Å². The van der Waals surface area contributed by atoms with Crippen LogP contribution >= 0.6 is 0 Å². The van der Waals surface area contributed by atoms with Crippen LogP contribution in [0.25, 0.3) is 22.3 Å². The molecule has 0 saturated heterocycles. The van der Waals surface area contributed by atoms with Gasteiger partial charge in [0.1, 0.15) is 0 Å². The number of fused-ring (bicyclic) bond motifs is 2. The molecule has 0 atom stereocenters. The standard InChI is InChI=1S/C30H34O/c1-19(2)23-9-7-21(5)27-13-11-25(29(27)15-23)17-31-18-26-12-14-28-22(6)8-10-24(20(3)4)16-30(26)28/h7-16,19-20H,17-18H2,1-6H3. The van der Waals surface area contributed by atoms with Gasteiger partial charge in [-0.25, -0.2) is 0 Å². The lowest BCUT2D eigenvalue weighted by molar-refractivity contribution is 0.108. The zero-order chi connectivity index (χ0) is 22.1. The van der Waals surface area contributed by atoms with E-state index in [1.165, 1.54) is 55.6 Å². The molecule has 0 spiro atoms. The Bertz CT molecular complexity index is 1040. The highest BCUT2D eigenvalue weighted by molar-refractivity contribution is 5.75. The Morgan fingerprint density at radius 3 is 1.35 bits per heavy atom. The van der Waals surface area contributed by atoms with Crippen molar-refractivity contribution in [3.05, 3.63) is 94.0 Å². The van der Waals surface area contributed by atoms with E-state index in [4.69, 9.17) is 4.74 Å². The molecule has 0 saturated carbocycles. The minimum atomic E-state index is 0.508. The van der Waals surface area contributed by atoms with Gasteiger partial charge < -0.3 is 4.74 Å². The highest BCUT2D eigenvalue weighted by Crippen LogP contribution is 2.35. The van der Waals surface area contributed by atoms with Gasteiger partial charge in [-0.2, -0.15) is 0 Å². The van der Waals surface area contributed by atoms with E-state index in [1.54, 1.807) is 0 Å². The maximum Gasteiger partial charge on any atom is 0.0727 e. The van der Waals surface area contributed by atoms with Crippen molar-refractivity contribution >= 4 is 0 Å². The van der Waals surface area contributed by atoms with E-state index in [-0.39, 0.29) is 0 Å². The zero-order valence-corrected chi connectivity index (χ0v) is 19.8. The number of ether oxygens (including phenoxy) is 1. The third-order valence-corrected chi connectivity index (χ3v) is 6.55. The fourth-order valence-electron chi connectivity index (χ4n) is 4.39. The first-order chi connectivity index (χ1) is 14.8. The van der Waals surface area contributed by atoms with Crippen molar-refractivity contribution < 1.29 is 4.74 Å². The SMILES string of the molecule is Cc1ccc(C(C)C)cc2c(COCc3ccc4c(C)ccc(C(C)C)cc3-4)ccc1-2. The van der Waals surface area contributed by atoms with Gasteiger partial charge in [0.25, 0.3) is 0 Å². The molecule has 1 nitrogen and oxygen atoms in total. The summed E-state index contributed by atoms with van der Waals surface area (Å²) in [5.74, 6) is 1.02. The Kier molecular flexibility index (Phi) is 6.16. The van der Waals surface area contributed by atoms with Crippen molar-refractivity contribution in [3.8, 4) is 22.3 Å². The van der Waals surface area contributed by atoms with Gasteiger partial charge in [0.15, 0.2) is 0 Å². The molecule has 0 aromatic rings.